The summed E-state index contributed by atoms with van der Waals surface area (Å²) in [7, 11) is -0.672. The van der Waals surface area contributed by atoms with E-state index in [0.717, 1.165) is 41.8 Å². The summed E-state index contributed by atoms with van der Waals surface area (Å²) >= 11 is 0. The Hall–Kier alpha value is -4.49. The molecule has 7 nitrogen and oxygen atoms in total. The molecular weight excluding hydrogens is 593 g/mol. The number of nitrogens with one attached hydrogen (secondary N) is 1. The van der Waals surface area contributed by atoms with Gasteiger partial charge in [-0.15, -0.1) is 0 Å². The van der Waals surface area contributed by atoms with Crippen molar-refractivity contribution in [3.05, 3.63) is 107 Å². The quantitative estimate of drug-likeness (QED) is 0.181. The van der Waals surface area contributed by atoms with Gasteiger partial charge in [0.2, 0.25) is 15.9 Å². The molecule has 2 aromatic heterocycles. The van der Waals surface area contributed by atoms with E-state index in [-0.39, 0.29) is 23.6 Å². The zero-order valence-electron chi connectivity index (χ0n) is 22.7. The lowest BCUT2D eigenvalue weighted by atomic mass is 10.0. The number of nitrogens with zero attached hydrogens (tertiary/aromatic N) is 2. The molecule has 0 bridgehead atoms. The number of rotatable bonds is 9. The zero-order chi connectivity index (χ0) is 30.9. The zero-order valence-corrected chi connectivity index (χ0v) is 23.6. The molecule has 2 heterocycles. The highest BCUT2D eigenvalue weighted by Gasteiger charge is 2.30. The molecule has 0 aliphatic carbocycles. The van der Waals surface area contributed by atoms with Crippen LogP contribution in [-0.2, 0) is 35.5 Å². The number of methoxy groups -OCH3 is 1. The Morgan fingerprint density at radius 1 is 0.907 bits per heavy atom. The van der Waals surface area contributed by atoms with Gasteiger partial charge in [0.05, 0.1) is 18.4 Å². The fourth-order valence-corrected chi connectivity index (χ4v) is 5.72. The first-order valence-electron chi connectivity index (χ1n) is 12.7. The molecule has 0 aliphatic rings. The van der Waals surface area contributed by atoms with E-state index in [0.29, 0.717) is 34.2 Å². The molecule has 43 heavy (non-hydrogen) atoms. The lowest BCUT2D eigenvalue weighted by Crippen LogP contribution is -2.24. The van der Waals surface area contributed by atoms with Gasteiger partial charge in [0.15, 0.2) is 11.6 Å². The maximum atomic E-state index is 14.5. The Balaban J connectivity index is 1.47. The van der Waals surface area contributed by atoms with Crippen molar-refractivity contribution in [2.45, 2.75) is 18.5 Å². The van der Waals surface area contributed by atoms with Crippen LogP contribution in [0.15, 0.2) is 79.1 Å². The predicted octanol–water partition coefficient (Wildman–Crippen LogP) is 6.96. The van der Waals surface area contributed by atoms with Gasteiger partial charge < -0.3 is 14.0 Å². The fourth-order valence-electron chi connectivity index (χ4n) is 4.60. The van der Waals surface area contributed by atoms with Crippen molar-refractivity contribution in [1.82, 2.24) is 14.3 Å². The van der Waals surface area contributed by atoms with Gasteiger partial charge in [-0.2, -0.15) is 13.2 Å². The molecule has 224 valence electrons. The third kappa shape index (κ3) is 6.62. The first-order chi connectivity index (χ1) is 20.3. The van der Waals surface area contributed by atoms with Crippen molar-refractivity contribution < 1.29 is 39.8 Å². The van der Waals surface area contributed by atoms with Crippen LogP contribution < -0.4 is 14.2 Å². The monoisotopic (exact) mass is 617 g/mol. The summed E-state index contributed by atoms with van der Waals surface area (Å²) in [5.41, 5.74) is 1.60. The highest BCUT2D eigenvalue weighted by atomic mass is 32.2. The molecule has 0 radical (unpaired) electrons. The first kappa shape index (κ1) is 30.0. The molecule has 0 spiro atoms. The molecule has 0 fully saturated rings. The van der Waals surface area contributed by atoms with Crippen molar-refractivity contribution in [3.63, 3.8) is 0 Å². The van der Waals surface area contributed by atoms with Gasteiger partial charge in [0.1, 0.15) is 17.1 Å². The van der Waals surface area contributed by atoms with Gasteiger partial charge >= 0.3 is 6.18 Å². The fraction of sp³-hybridized carbons (Fsp3) is 0.167. The summed E-state index contributed by atoms with van der Waals surface area (Å²) < 4.78 is 108. The van der Waals surface area contributed by atoms with Crippen molar-refractivity contribution in [2.24, 2.45) is 7.05 Å². The van der Waals surface area contributed by atoms with Crippen molar-refractivity contribution >= 4 is 20.9 Å². The Bertz CT molecular complexity index is 1910. The van der Waals surface area contributed by atoms with Crippen LogP contribution in [0.2, 0.25) is 0 Å². The molecule has 5 aromatic rings. The Morgan fingerprint density at radius 3 is 2.28 bits per heavy atom. The summed E-state index contributed by atoms with van der Waals surface area (Å²) in [5, 5.41) is 0.721. The SMILES string of the molecule is COc1nccc2c(-c3cc(CNS(=O)(=O)Cc4ccc(C(F)(F)F)cc4)ccc3Oc3ccc(F)cc3F)cn(C)c12. The van der Waals surface area contributed by atoms with Crippen molar-refractivity contribution in [3.8, 4) is 28.5 Å². The van der Waals surface area contributed by atoms with Gasteiger partial charge in [0, 0.05) is 48.6 Å². The molecule has 0 atom stereocenters. The minimum atomic E-state index is -4.53. The van der Waals surface area contributed by atoms with E-state index < -0.39 is 39.2 Å². The molecule has 0 unspecified atom stereocenters. The molecular formula is C30H24F5N3O4S. The minimum Gasteiger partial charge on any atom is -0.479 e. The van der Waals surface area contributed by atoms with E-state index >= 15 is 0 Å². The number of hydrogen-bond acceptors (Lipinski definition) is 5. The van der Waals surface area contributed by atoms with Crippen LogP contribution in [0.4, 0.5) is 22.0 Å². The normalized spacial score (nSPS) is 12.1. The molecule has 0 amide bonds. The average Bonchev–Trinajstić information content (AvgIpc) is 3.30. The van der Waals surface area contributed by atoms with Crippen LogP contribution in [-0.4, -0.2) is 25.1 Å². The third-order valence-corrected chi connectivity index (χ3v) is 7.93. The van der Waals surface area contributed by atoms with E-state index in [2.05, 4.69) is 9.71 Å². The summed E-state index contributed by atoms with van der Waals surface area (Å²) in [6, 6.07) is 13.3. The highest BCUT2D eigenvalue weighted by molar-refractivity contribution is 7.88. The number of alkyl halides is 3. The number of aryl methyl sites for hydroxylation is 1. The largest absolute Gasteiger partial charge is 0.479 e. The van der Waals surface area contributed by atoms with Gasteiger partial charge in [-0.3, -0.25) is 0 Å². The lowest BCUT2D eigenvalue weighted by molar-refractivity contribution is -0.137. The van der Waals surface area contributed by atoms with Crippen molar-refractivity contribution in [1.29, 1.82) is 0 Å². The van der Waals surface area contributed by atoms with Crippen LogP contribution in [0.25, 0.3) is 22.0 Å². The number of benzene rings is 3. The Kier molecular flexibility index (Phi) is 8.12. The predicted molar refractivity (Wildman–Crippen MR) is 150 cm³/mol. The molecule has 0 saturated carbocycles. The summed E-state index contributed by atoms with van der Waals surface area (Å²) in [6.07, 6.45) is -1.18. The summed E-state index contributed by atoms with van der Waals surface area (Å²) in [4.78, 5) is 4.24. The third-order valence-electron chi connectivity index (χ3n) is 6.63. The molecule has 1 N–H and O–H groups in total. The second kappa shape index (κ2) is 11.7. The number of halogens is 5. The second-order valence-electron chi connectivity index (χ2n) is 9.65. The van der Waals surface area contributed by atoms with E-state index in [9.17, 15) is 30.4 Å². The van der Waals surface area contributed by atoms with E-state index in [4.69, 9.17) is 9.47 Å². The van der Waals surface area contributed by atoms with Crippen LogP contribution in [0.3, 0.4) is 0 Å². The van der Waals surface area contributed by atoms with Crippen LogP contribution in [0, 0.1) is 11.6 Å². The Morgan fingerprint density at radius 2 is 1.60 bits per heavy atom. The maximum absolute atomic E-state index is 14.5. The minimum absolute atomic E-state index is 0.156. The molecule has 5 rings (SSSR count). The number of ether oxygens (including phenoxy) is 2. The number of pyridine rings is 1. The van der Waals surface area contributed by atoms with Gasteiger partial charge in [-0.1, -0.05) is 18.2 Å². The second-order valence-corrected chi connectivity index (χ2v) is 11.5. The van der Waals surface area contributed by atoms with Gasteiger partial charge in [0.25, 0.3) is 0 Å². The number of sulfonamides is 1. The van der Waals surface area contributed by atoms with Crippen molar-refractivity contribution in [2.75, 3.05) is 7.11 Å². The topological polar surface area (TPSA) is 82.4 Å². The summed E-state index contributed by atoms with van der Waals surface area (Å²) in [5.74, 6) is -1.84. The smallest absolute Gasteiger partial charge is 0.416 e. The number of hydrogen-bond donors (Lipinski definition) is 1. The molecule has 13 heteroatoms. The number of aromatic nitrogens is 2. The first-order valence-corrected chi connectivity index (χ1v) is 14.4. The molecule has 0 aliphatic heterocycles. The maximum Gasteiger partial charge on any atom is 0.416 e. The highest BCUT2D eigenvalue weighted by Crippen LogP contribution is 2.41. The van der Waals surface area contributed by atoms with Crippen LogP contribution >= 0.6 is 0 Å². The van der Waals surface area contributed by atoms with Crippen LogP contribution in [0.5, 0.6) is 17.4 Å². The average molecular weight is 618 g/mol. The summed E-state index contributed by atoms with van der Waals surface area (Å²) in [6.45, 7) is -0.156. The van der Waals surface area contributed by atoms with Crippen LogP contribution in [0.1, 0.15) is 16.7 Å². The van der Waals surface area contributed by atoms with E-state index in [1.807, 2.05) is 0 Å². The molecule has 0 saturated heterocycles. The van der Waals surface area contributed by atoms with E-state index in [1.165, 1.54) is 13.2 Å². The van der Waals surface area contributed by atoms with E-state index in [1.54, 1.807) is 42.2 Å². The molecule has 3 aromatic carbocycles. The van der Waals surface area contributed by atoms with Gasteiger partial charge in [-0.25, -0.2) is 26.9 Å². The number of fused-ring (bicyclic) bond motifs is 1. The Labute approximate surface area is 243 Å². The van der Waals surface area contributed by atoms with Gasteiger partial charge in [-0.05, 0) is 53.6 Å². The standard InChI is InChI=1S/C30H24F5N3O4S/c1-38-16-24(22-11-12-36-29(41-2)28(22)38)23-13-19(5-9-26(23)42-27-10-8-21(31)14-25(27)32)15-37-43(39,40)17-18-3-6-20(7-4-18)30(33,34)35/h3-14,16,37H,15,17H2,1-2H3. The lowest BCUT2D eigenvalue weighted by Gasteiger charge is -2.14.